The van der Waals surface area contributed by atoms with E-state index in [0.29, 0.717) is 5.69 Å². The number of carboxylic acid groups (broad SMARTS) is 1. The van der Waals surface area contributed by atoms with Crippen LogP contribution in [-0.4, -0.2) is 31.5 Å². The van der Waals surface area contributed by atoms with Crippen molar-refractivity contribution in [1.29, 1.82) is 0 Å². The van der Waals surface area contributed by atoms with Crippen LogP contribution in [0.2, 0.25) is 0 Å². The van der Waals surface area contributed by atoms with Crippen LogP contribution in [0.3, 0.4) is 0 Å². The van der Waals surface area contributed by atoms with Crippen molar-refractivity contribution in [2.24, 2.45) is 0 Å². The number of hydrogen-bond donors (Lipinski definition) is 2. The molecule has 21 heavy (non-hydrogen) atoms. The third-order valence-corrected chi connectivity index (χ3v) is 3.17. The maximum absolute atomic E-state index is 12.3. The highest BCUT2D eigenvalue weighted by molar-refractivity contribution is 9.10. The molecule has 0 aromatic carbocycles. The minimum atomic E-state index is -1.25. The van der Waals surface area contributed by atoms with E-state index in [4.69, 9.17) is 5.11 Å². The van der Waals surface area contributed by atoms with Gasteiger partial charge >= 0.3 is 5.97 Å². The zero-order valence-corrected chi connectivity index (χ0v) is 13.0. The van der Waals surface area contributed by atoms with E-state index in [0.717, 1.165) is 4.47 Å². The highest BCUT2D eigenvalue weighted by Gasteiger charge is 2.19. The molecule has 110 valence electrons. The van der Waals surface area contributed by atoms with Gasteiger partial charge in [-0.3, -0.25) is 4.79 Å². The Balaban J connectivity index is 2.33. The lowest BCUT2D eigenvalue weighted by atomic mass is 10.3. The third kappa shape index (κ3) is 3.27. The molecule has 0 spiro atoms. The van der Waals surface area contributed by atoms with E-state index in [-0.39, 0.29) is 17.6 Å². The minimum Gasteiger partial charge on any atom is -0.476 e. The van der Waals surface area contributed by atoms with E-state index in [1.165, 1.54) is 12.4 Å². The zero-order chi connectivity index (χ0) is 15.6. The van der Waals surface area contributed by atoms with Gasteiger partial charge in [0.25, 0.3) is 5.91 Å². The summed E-state index contributed by atoms with van der Waals surface area (Å²) in [6.07, 6.45) is 4.36. The summed E-state index contributed by atoms with van der Waals surface area (Å²) in [7, 11) is 0. The molecular formula is C13H13BrN4O3. The van der Waals surface area contributed by atoms with Gasteiger partial charge in [-0.2, -0.15) is 0 Å². The zero-order valence-electron chi connectivity index (χ0n) is 11.4. The normalized spacial score (nSPS) is 10.7. The molecule has 0 radical (unpaired) electrons. The fraction of sp³-hybridized carbons (Fsp3) is 0.231. The van der Waals surface area contributed by atoms with Gasteiger partial charge in [-0.15, -0.1) is 0 Å². The second kappa shape index (κ2) is 6.04. The smallest absolute Gasteiger partial charge is 0.358 e. The summed E-state index contributed by atoms with van der Waals surface area (Å²) >= 11 is 3.32. The molecule has 0 aliphatic heterocycles. The topological polar surface area (TPSA) is 97.1 Å². The summed E-state index contributed by atoms with van der Waals surface area (Å²) in [5, 5.41) is 11.5. The van der Waals surface area contributed by atoms with Gasteiger partial charge in [-0.05, 0) is 35.8 Å². The number of carboxylic acids is 1. The molecule has 0 saturated heterocycles. The summed E-state index contributed by atoms with van der Waals surface area (Å²) < 4.78 is 2.54. The van der Waals surface area contributed by atoms with Gasteiger partial charge in [0.15, 0.2) is 11.5 Å². The number of carbonyl (C=O) groups is 2. The second-order valence-corrected chi connectivity index (χ2v) is 5.47. The molecule has 2 aromatic heterocycles. The number of halogens is 1. The first-order valence-electron chi connectivity index (χ1n) is 6.13. The van der Waals surface area contributed by atoms with Crippen LogP contribution in [0.15, 0.2) is 29.1 Å². The van der Waals surface area contributed by atoms with Crippen LogP contribution in [-0.2, 0) is 0 Å². The Hall–Kier alpha value is -2.22. The van der Waals surface area contributed by atoms with Crippen molar-refractivity contribution < 1.29 is 14.7 Å². The maximum atomic E-state index is 12.3. The average molecular weight is 353 g/mol. The van der Waals surface area contributed by atoms with Crippen molar-refractivity contribution in [3.05, 3.63) is 40.5 Å². The Labute approximate surface area is 129 Å². The maximum Gasteiger partial charge on any atom is 0.358 e. The lowest BCUT2D eigenvalue weighted by Gasteiger charge is -2.12. The van der Waals surface area contributed by atoms with E-state index in [9.17, 15) is 9.59 Å². The van der Waals surface area contributed by atoms with Crippen molar-refractivity contribution in [3.63, 3.8) is 0 Å². The number of hydrogen-bond acceptors (Lipinski definition) is 4. The molecule has 0 saturated carbocycles. The minimum absolute atomic E-state index is 0.0809. The number of rotatable bonds is 4. The van der Waals surface area contributed by atoms with Gasteiger partial charge in [-0.25, -0.2) is 14.8 Å². The molecule has 0 unspecified atom stereocenters. The number of amides is 1. The number of carbonyl (C=O) groups excluding carboxylic acids is 1. The Morgan fingerprint density at radius 2 is 2.00 bits per heavy atom. The largest absolute Gasteiger partial charge is 0.476 e. The first-order chi connectivity index (χ1) is 9.90. The van der Waals surface area contributed by atoms with E-state index < -0.39 is 11.9 Å². The molecule has 0 atom stereocenters. The molecule has 8 heteroatoms. The van der Waals surface area contributed by atoms with Crippen LogP contribution in [0.1, 0.15) is 40.9 Å². The van der Waals surface area contributed by atoms with Crippen LogP contribution in [0.4, 0.5) is 5.82 Å². The van der Waals surface area contributed by atoms with Crippen molar-refractivity contribution in [3.8, 4) is 0 Å². The molecule has 2 heterocycles. The molecule has 0 aliphatic carbocycles. The standard InChI is InChI=1S/C13H13BrN4O3/c1-7(2)18-6-8(14)5-9(18)12(19)17-11-10(13(20)21)15-3-4-16-11/h3-7H,1-2H3,(H,20,21)(H,16,17,19). The molecule has 2 rings (SSSR count). The SMILES string of the molecule is CC(C)n1cc(Br)cc1C(=O)Nc1nccnc1C(=O)O. The molecule has 2 aromatic rings. The Bertz CT molecular complexity index is 696. The molecule has 0 aliphatic rings. The fourth-order valence-corrected chi connectivity index (χ4v) is 2.25. The van der Waals surface area contributed by atoms with Gasteiger partial charge in [0.2, 0.25) is 0 Å². The number of nitrogens with one attached hydrogen (secondary N) is 1. The summed E-state index contributed by atoms with van der Waals surface area (Å²) in [5.41, 5.74) is 0.103. The van der Waals surface area contributed by atoms with Crippen molar-refractivity contribution in [1.82, 2.24) is 14.5 Å². The van der Waals surface area contributed by atoms with Crippen molar-refractivity contribution in [2.75, 3.05) is 5.32 Å². The molecular weight excluding hydrogens is 340 g/mol. The quantitative estimate of drug-likeness (QED) is 0.881. The van der Waals surface area contributed by atoms with Crippen LogP contribution in [0.25, 0.3) is 0 Å². The monoisotopic (exact) mass is 352 g/mol. The Kier molecular flexibility index (Phi) is 4.37. The first kappa shape index (κ1) is 15.2. The number of aromatic nitrogens is 3. The van der Waals surface area contributed by atoms with Gasteiger partial charge < -0.3 is 15.0 Å². The molecule has 1 amide bonds. The van der Waals surface area contributed by atoms with E-state index in [1.807, 2.05) is 13.8 Å². The van der Waals surface area contributed by atoms with Crippen molar-refractivity contribution in [2.45, 2.75) is 19.9 Å². The highest BCUT2D eigenvalue weighted by atomic mass is 79.9. The summed E-state index contributed by atoms with van der Waals surface area (Å²) in [6, 6.07) is 1.74. The van der Waals surface area contributed by atoms with E-state index in [1.54, 1.807) is 16.8 Å². The summed E-state index contributed by atoms with van der Waals surface area (Å²) in [4.78, 5) is 30.9. The molecule has 0 bridgehead atoms. The van der Waals surface area contributed by atoms with E-state index in [2.05, 4.69) is 31.2 Å². The van der Waals surface area contributed by atoms with Crippen LogP contribution >= 0.6 is 15.9 Å². The van der Waals surface area contributed by atoms with Crippen LogP contribution in [0.5, 0.6) is 0 Å². The number of aromatic carboxylic acids is 1. The number of nitrogens with zero attached hydrogens (tertiary/aromatic N) is 3. The highest BCUT2D eigenvalue weighted by Crippen LogP contribution is 2.20. The Morgan fingerprint density at radius 3 is 2.62 bits per heavy atom. The second-order valence-electron chi connectivity index (χ2n) is 4.56. The number of anilines is 1. The third-order valence-electron chi connectivity index (χ3n) is 2.74. The Morgan fingerprint density at radius 1 is 1.33 bits per heavy atom. The average Bonchev–Trinajstić information content (AvgIpc) is 2.81. The predicted molar refractivity (Wildman–Crippen MR) is 79.5 cm³/mol. The predicted octanol–water partition coefficient (Wildman–Crippen LogP) is 2.57. The summed E-state index contributed by atoms with van der Waals surface area (Å²) in [5.74, 6) is -1.78. The molecule has 0 fully saturated rings. The summed E-state index contributed by atoms with van der Waals surface area (Å²) in [6.45, 7) is 3.88. The lowest BCUT2D eigenvalue weighted by molar-refractivity contribution is 0.0691. The fourth-order valence-electron chi connectivity index (χ4n) is 1.81. The van der Waals surface area contributed by atoms with Crippen LogP contribution < -0.4 is 5.32 Å². The lowest BCUT2D eigenvalue weighted by Crippen LogP contribution is -2.20. The first-order valence-corrected chi connectivity index (χ1v) is 6.92. The van der Waals surface area contributed by atoms with Gasteiger partial charge in [0.05, 0.1) is 0 Å². The van der Waals surface area contributed by atoms with Gasteiger partial charge in [0.1, 0.15) is 5.69 Å². The molecule has 2 N–H and O–H groups in total. The van der Waals surface area contributed by atoms with Crippen LogP contribution in [0, 0.1) is 0 Å². The van der Waals surface area contributed by atoms with E-state index >= 15 is 0 Å². The van der Waals surface area contributed by atoms with Crippen molar-refractivity contribution >= 4 is 33.6 Å². The van der Waals surface area contributed by atoms with Gasteiger partial charge in [-0.1, -0.05) is 0 Å². The molecule has 7 nitrogen and oxygen atoms in total. The van der Waals surface area contributed by atoms with Gasteiger partial charge in [0, 0.05) is 29.1 Å².